The molecule has 0 amide bonds. The van der Waals surface area contributed by atoms with E-state index in [1.807, 2.05) is 48.0 Å². The first-order chi connectivity index (χ1) is 14.7. The average molecular weight is 400 g/mol. The molecule has 1 aromatic heterocycles. The lowest BCUT2D eigenvalue weighted by molar-refractivity contribution is -0.116. The fourth-order valence-corrected chi connectivity index (χ4v) is 4.34. The van der Waals surface area contributed by atoms with Crippen molar-refractivity contribution in [3.63, 3.8) is 0 Å². The first kappa shape index (κ1) is 18.6. The maximum absolute atomic E-state index is 13.0. The molecule has 5 rings (SSSR count). The van der Waals surface area contributed by atoms with E-state index in [-0.39, 0.29) is 11.8 Å². The molecule has 0 radical (unpaired) electrons. The van der Waals surface area contributed by atoms with Crippen LogP contribution in [0.25, 0.3) is 11.4 Å². The maximum Gasteiger partial charge on any atom is 0.226 e. The number of ether oxygens (including phenoxy) is 1. The van der Waals surface area contributed by atoms with Crippen LogP contribution in [-0.4, -0.2) is 27.2 Å². The van der Waals surface area contributed by atoms with Crippen LogP contribution in [0.15, 0.2) is 59.8 Å². The Balaban J connectivity index is 1.70. The molecule has 0 spiro atoms. The minimum Gasteiger partial charge on any atom is -0.494 e. The highest BCUT2D eigenvalue weighted by Crippen LogP contribution is 2.43. The Labute approximate surface area is 175 Å². The highest BCUT2D eigenvalue weighted by Gasteiger charge is 2.38. The average Bonchev–Trinajstić information content (AvgIpc) is 3.17. The molecule has 30 heavy (non-hydrogen) atoms. The number of aryl methyl sites for hydroxylation is 1. The fourth-order valence-electron chi connectivity index (χ4n) is 4.34. The fraction of sp³-hybridized carbons (Fsp3) is 0.292. The Morgan fingerprint density at radius 3 is 2.87 bits per heavy atom. The van der Waals surface area contributed by atoms with Crippen molar-refractivity contribution in [1.82, 2.24) is 14.8 Å². The van der Waals surface area contributed by atoms with Gasteiger partial charge in [0.15, 0.2) is 11.6 Å². The molecule has 152 valence electrons. The summed E-state index contributed by atoms with van der Waals surface area (Å²) in [5, 5.41) is 8.24. The highest BCUT2D eigenvalue weighted by atomic mass is 16.5. The number of allylic oxidation sites excluding steroid dienone is 2. The van der Waals surface area contributed by atoms with Crippen LogP contribution in [0.1, 0.15) is 43.4 Å². The van der Waals surface area contributed by atoms with Gasteiger partial charge in [-0.15, -0.1) is 5.10 Å². The van der Waals surface area contributed by atoms with Crippen molar-refractivity contribution in [1.29, 1.82) is 0 Å². The zero-order valence-electron chi connectivity index (χ0n) is 17.2. The third-order valence-electron chi connectivity index (χ3n) is 5.66. The van der Waals surface area contributed by atoms with E-state index >= 15 is 0 Å². The van der Waals surface area contributed by atoms with Gasteiger partial charge in [-0.1, -0.05) is 42.0 Å². The van der Waals surface area contributed by atoms with Crippen molar-refractivity contribution in [2.45, 2.75) is 39.2 Å². The number of Topliss-reactive ketones (excluding diaryl/α,β-unsaturated/α-hetero) is 1. The van der Waals surface area contributed by atoms with Crippen molar-refractivity contribution < 1.29 is 9.53 Å². The number of nitrogens with zero attached hydrogens (tertiary/aromatic N) is 3. The molecule has 3 aromatic rings. The number of nitrogens with one attached hydrogen (secondary N) is 1. The van der Waals surface area contributed by atoms with Crippen LogP contribution < -0.4 is 10.1 Å². The van der Waals surface area contributed by atoms with E-state index in [4.69, 9.17) is 14.8 Å². The smallest absolute Gasteiger partial charge is 0.226 e. The second kappa shape index (κ2) is 7.44. The molecule has 2 aromatic carbocycles. The van der Waals surface area contributed by atoms with E-state index in [0.29, 0.717) is 24.8 Å². The topological polar surface area (TPSA) is 69.0 Å². The van der Waals surface area contributed by atoms with Gasteiger partial charge in [-0.25, -0.2) is 4.68 Å². The molecule has 0 saturated carbocycles. The molecule has 1 atom stereocenters. The Morgan fingerprint density at radius 2 is 2.03 bits per heavy atom. The number of carbonyl (C=O) groups is 1. The summed E-state index contributed by atoms with van der Waals surface area (Å²) < 4.78 is 7.76. The van der Waals surface area contributed by atoms with Crippen molar-refractivity contribution in [3.8, 4) is 17.1 Å². The minimum atomic E-state index is -0.349. The number of benzene rings is 2. The van der Waals surface area contributed by atoms with E-state index in [0.717, 1.165) is 46.6 Å². The molecular weight excluding hydrogens is 376 g/mol. The molecule has 6 heteroatoms. The lowest BCUT2D eigenvalue weighted by atomic mass is 9.85. The van der Waals surface area contributed by atoms with Gasteiger partial charge >= 0.3 is 0 Å². The Kier molecular flexibility index (Phi) is 4.62. The lowest BCUT2D eigenvalue weighted by Gasteiger charge is -2.32. The van der Waals surface area contributed by atoms with Crippen LogP contribution >= 0.6 is 0 Å². The van der Waals surface area contributed by atoms with Crippen LogP contribution in [0.3, 0.4) is 0 Å². The van der Waals surface area contributed by atoms with Gasteiger partial charge in [0.25, 0.3) is 0 Å². The van der Waals surface area contributed by atoms with Gasteiger partial charge in [0.1, 0.15) is 11.8 Å². The maximum atomic E-state index is 13.0. The predicted octanol–water partition coefficient (Wildman–Crippen LogP) is 4.67. The van der Waals surface area contributed by atoms with Crippen molar-refractivity contribution in [2.24, 2.45) is 0 Å². The zero-order valence-corrected chi connectivity index (χ0v) is 17.2. The number of para-hydroxylation sites is 1. The minimum absolute atomic E-state index is 0.165. The molecule has 1 N–H and O–H groups in total. The van der Waals surface area contributed by atoms with E-state index < -0.39 is 0 Å². The van der Waals surface area contributed by atoms with Crippen LogP contribution in [0.5, 0.6) is 5.75 Å². The SMILES string of the molecule is CCOc1ccccc1[C@H]1C2=C(CCCC2=O)Nc2nc(-c3cccc(C)c3)nn21. The second-order valence-corrected chi connectivity index (χ2v) is 7.74. The summed E-state index contributed by atoms with van der Waals surface area (Å²) in [5.41, 5.74) is 4.78. The summed E-state index contributed by atoms with van der Waals surface area (Å²) in [6.07, 6.45) is 2.24. The number of carbonyl (C=O) groups excluding carboxylic acids is 1. The largest absolute Gasteiger partial charge is 0.494 e. The summed E-state index contributed by atoms with van der Waals surface area (Å²) in [4.78, 5) is 17.8. The third kappa shape index (κ3) is 3.09. The number of fused-ring (bicyclic) bond motifs is 1. The summed E-state index contributed by atoms with van der Waals surface area (Å²) in [5.74, 6) is 2.25. The molecule has 2 heterocycles. The van der Waals surface area contributed by atoms with E-state index in [1.54, 1.807) is 0 Å². The monoisotopic (exact) mass is 400 g/mol. The number of anilines is 1. The predicted molar refractivity (Wildman–Crippen MR) is 115 cm³/mol. The van der Waals surface area contributed by atoms with Gasteiger partial charge in [0.05, 0.1) is 6.61 Å². The summed E-state index contributed by atoms with van der Waals surface area (Å²) in [6.45, 7) is 4.57. The van der Waals surface area contributed by atoms with Gasteiger partial charge in [-0.05, 0) is 38.8 Å². The van der Waals surface area contributed by atoms with Gasteiger partial charge in [-0.3, -0.25) is 4.79 Å². The van der Waals surface area contributed by atoms with Crippen LogP contribution in [-0.2, 0) is 4.79 Å². The van der Waals surface area contributed by atoms with Crippen LogP contribution in [0.4, 0.5) is 5.95 Å². The van der Waals surface area contributed by atoms with Gasteiger partial charge in [0, 0.05) is 28.8 Å². The molecule has 0 bridgehead atoms. The van der Waals surface area contributed by atoms with E-state index in [9.17, 15) is 4.79 Å². The second-order valence-electron chi connectivity index (χ2n) is 7.74. The Morgan fingerprint density at radius 1 is 1.17 bits per heavy atom. The van der Waals surface area contributed by atoms with E-state index in [1.165, 1.54) is 0 Å². The standard InChI is InChI=1S/C24H24N4O2/c1-3-30-20-13-5-4-10-17(20)22-21-18(11-7-12-19(21)29)25-24-26-23(27-28(22)24)16-9-6-8-15(2)14-16/h4-6,8-10,13-14,22H,3,7,11-12H2,1-2H3,(H,25,26,27)/t22-/m0/s1. The van der Waals surface area contributed by atoms with Crippen molar-refractivity contribution in [2.75, 3.05) is 11.9 Å². The normalized spacial score (nSPS) is 17.9. The van der Waals surface area contributed by atoms with Crippen molar-refractivity contribution >= 4 is 11.7 Å². The molecule has 2 aliphatic rings. The number of rotatable bonds is 4. The van der Waals surface area contributed by atoms with Gasteiger partial charge in [0.2, 0.25) is 5.95 Å². The van der Waals surface area contributed by atoms with Crippen LogP contribution in [0.2, 0.25) is 0 Å². The molecule has 0 unspecified atom stereocenters. The number of aromatic nitrogens is 3. The molecule has 0 saturated heterocycles. The number of hydrogen-bond donors (Lipinski definition) is 1. The summed E-state index contributed by atoms with van der Waals surface area (Å²) in [7, 11) is 0. The Hall–Kier alpha value is -3.41. The molecule has 1 aliphatic carbocycles. The molecule has 6 nitrogen and oxygen atoms in total. The van der Waals surface area contributed by atoms with E-state index in [2.05, 4.69) is 24.4 Å². The highest BCUT2D eigenvalue weighted by molar-refractivity contribution is 5.99. The zero-order chi connectivity index (χ0) is 20.7. The number of hydrogen-bond acceptors (Lipinski definition) is 5. The first-order valence-corrected chi connectivity index (χ1v) is 10.4. The van der Waals surface area contributed by atoms with Crippen LogP contribution in [0, 0.1) is 6.92 Å². The Bertz CT molecular complexity index is 1160. The quantitative estimate of drug-likeness (QED) is 0.689. The number of ketones is 1. The summed E-state index contributed by atoms with van der Waals surface area (Å²) in [6, 6.07) is 15.7. The van der Waals surface area contributed by atoms with Gasteiger partial charge in [-0.2, -0.15) is 4.98 Å². The molecule has 1 aliphatic heterocycles. The lowest BCUT2D eigenvalue weighted by Crippen LogP contribution is -2.31. The first-order valence-electron chi connectivity index (χ1n) is 10.4. The molecular formula is C24H24N4O2. The van der Waals surface area contributed by atoms with Gasteiger partial charge < -0.3 is 10.1 Å². The summed E-state index contributed by atoms with van der Waals surface area (Å²) >= 11 is 0. The third-order valence-corrected chi connectivity index (χ3v) is 5.66. The molecule has 0 fully saturated rings. The van der Waals surface area contributed by atoms with Crippen molar-refractivity contribution in [3.05, 3.63) is 70.9 Å².